The van der Waals surface area contributed by atoms with E-state index in [0.717, 1.165) is 0 Å². The SMILES string of the molecule is CCN1NC(C(F)(F)F)C(C)C1N/C(=N\C(=O)c1ccc(OC)cc1)Nc1cccc(Cl)c1. The van der Waals surface area contributed by atoms with Crippen molar-refractivity contribution in [3.8, 4) is 5.75 Å². The Bertz CT molecular complexity index is 1000. The average Bonchev–Trinajstić information content (AvgIpc) is 3.09. The maximum absolute atomic E-state index is 13.5. The second kappa shape index (κ2) is 10.4. The van der Waals surface area contributed by atoms with Crippen molar-refractivity contribution in [3.05, 3.63) is 59.1 Å². The van der Waals surface area contributed by atoms with E-state index >= 15 is 0 Å². The van der Waals surface area contributed by atoms with E-state index in [4.69, 9.17) is 16.3 Å². The maximum Gasteiger partial charge on any atom is 0.405 e. The number of methoxy groups -OCH3 is 1. The number of benzene rings is 2. The molecular formula is C22H25ClF3N5O2. The Hall–Kier alpha value is -2.82. The molecule has 3 unspecified atom stereocenters. The number of nitrogens with one attached hydrogen (secondary N) is 3. The number of halogens is 4. The summed E-state index contributed by atoms with van der Waals surface area (Å²) >= 11 is 6.04. The molecule has 0 saturated carbocycles. The number of carbonyl (C=O) groups is 1. The number of carbonyl (C=O) groups excluding carboxylic acids is 1. The summed E-state index contributed by atoms with van der Waals surface area (Å²) in [5.74, 6) is -0.873. The van der Waals surface area contributed by atoms with Crippen LogP contribution in [0.2, 0.25) is 5.02 Å². The number of ether oxygens (including phenoxy) is 1. The molecule has 3 N–H and O–H groups in total. The molecule has 2 aromatic carbocycles. The fourth-order valence-corrected chi connectivity index (χ4v) is 3.74. The first-order valence-corrected chi connectivity index (χ1v) is 10.7. The number of hydrogen-bond donors (Lipinski definition) is 3. The van der Waals surface area contributed by atoms with Gasteiger partial charge in [-0.3, -0.25) is 4.79 Å². The number of rotatable bonds is 5. The lowest BCUT2D eigenvalue weighted by Gasteiger charge is -2.27. The highest BCUT2D eigenvalue weighted by Gasteiger charge is 2.52. The van der Waals surface area contributed by atoms with E-state index in [2.05, 4.69) is 21.1 Å². The molecule has 178 valence electrons. The number of alkyl halides is 3. The third-order valence-electron chi connectivity index (χ3n) is 5.28. The standard InChI is InChI=1S/C22H25ClF3N5O2/c1-4-31-19(13(2)18(30-31)22(24,25)26)28-21(27-16-7-5-6-15(23)12-16)29-20(32)14-8-10-17(33-3)11-9-14/h5-13,18-19,30H,4H2,1-3H3,(H2,27,28,29,32). The summed E-state index contributed by atoms with van der Waals surface area (Å²) in [5.41, 5.74) is 3.31. The highest BCUT2D eigenvalue weighted by Crippen LogP contribution is 2.32. The Morgan fingerprint density at radius 1 is 1.24 bits per heavy atom. The molecule has 0 aliphatic carbocycles. The van der Waals surface area contributed by atoms with Gasteiger partial charge in [0.2, 0.25) is 5.96 Å². The van der Waals surface area contributed by atoms with Gasteiger partial charge in [-0.25, -0.2) is 10.4 Å². The van der Waals surface area contributed by atoms with Crippen LogP contribution in [0.25, 0.3) is 0 Å². The molecule has 33 heavy (non-hydrogen) atoms. The Kier molecular flexibility index (Phi) is 7.83. The summed E-state index contributed by atoms with van der Waals surface area (Å²) in [5, 5.41) is 7.82. The number of guanidine groups is 1. The lowest BCUT2D eigenvalue weighted by atomic mass is 10.0. The van der Waals surface area contributed by atoms with Gasteiger partial charge in [0.05, 0.1) is 13.3 Å². The largest absolute Gasteiger partial charge is 0.497 e. The zero-order valence-electron chi connectivity index (χ0n) is 18.3. The fraction of sp³-hybridized carbons (Fsp3) is 0.364. The summed E-state index contributed by atoms with van der Waals surface area (Å²) in [7, 11) is 1.51. The summed E-state index contributed by atoms with van der Waals surface area (Å²) in [4.78, 5) is 16.9. The first-order chi connectivity index (χ1) is 15.6. The number of anilines is 1. The molecule has 11 heteroatoms. The molecule has 1 aliphatic rings. The second-order valence-electron chi connectivity index (χ2n) is 7.51. The minimum absolute atomic E-state index is 0.00184. The van der Waals surface area contributed by atoms with Gasteiger partial charge in [0.25, 0.3) is 5.91 Å². The van der Waals surface area contributed by atoms with Gasteiger partial charge >= 0.3 is 6.18 Å². The number of hydrazine groups is 1. The predicted molar refractivity (Wildman–Crippen MR) is 121 cm³/mol. The summed E-state index contributed by atoms with van der Waals surface area (Å²) in [6.07, 6.45) is -5.21. The molecule has 1 saturated heterocycles. The van der Waals surface area contributed by atoms with E-state index in [-0.39, 0.29) is 5.96 Å². The van der Waals surface area contributed by atoms with Gasteiger partial charge in [-0.15, -0.1) is 0 Å². The van der Waals surface area contributed by atoms with Crippen LogP contribution >= 0.6 is 11.6 Å². The minimum atomic E-state index is -4.43. The van der Waals surface area contributed by atoms with E-state index in [1.165, 1.54) is 19.0 Å². The highest BCUT2D eigenvalue weighted by molar-refractivity contribution is 6.30. The molecule has 1 aliphatic heterocycles. The molecule has 0 aromatic heterocycles. The molecular weight excluding hydrogens is 459 g/mol. The first-order valence-electron chi connectivity index (χ1n) is 10.3. The van der Waals surface area contributed by atoms with Gasteiger partial charge < -0.3 is 15.4 Å². The number of nitrogens with zero attached hydrogens (tertiary/aromatic N) is 2. The predicted octanol–water partition coefficient (Wildman–Crippen LogP) is 4.28. The van der Waals surface area contributed by atoms with Crippen LogP contribution in [0.1, 0.15) is 24.2 Å². The summed E-state index contributed by atoms with van der Waals surface area (Å²) < 4.78 is 45.5. The smallest absolute Gasteiger partial charge is 0.405 e. The Morgan fingerprint density at radius 2 is 1.94 bits per heavy atom. The van der Waals surface area contributed by atoms with Crippen molar-refractivity contribution >= 4 is 29.2 Å². The van der Waals surface area contributed by atoms with Gasteiger partial charge in [0.15, 0.2) is 0 Å². The maximum atomic E-state index is 13.5. The van der Waals surface area contributed by atoms with Crippen molar-refractivity contribution in [2.45, 2.75) is 32.2 Å². The third-order valence-corrected chi connectivity index (χ3v) is 5.52. The van der Waals surface area contributed by atoms with Crippen LogP contribution in [-0.4, -0.2) is 48.9 Å². The average molecular weight is 484 g/mol. The van der Waals surface area contributed by atoms with Crippen LogP contribution in [-0.2, 0) is 0 Å². The van der Waals surface area contributed by atoms with E-state index in [0.29, 0.717) is 28.6 Å². The molecule has 1 amide bonds. The zero-order valence-corrected chi connectivity index (χ0v) is 19.0. The van der Waals surface area contributed by atoms with E-state index in [9.17, 15) is 18.0 Å². The molecule has 0 bridgehead atoms. The first kappa shape index (κ1) is 24.8. The van der Waals surface area contributed by atoms with Crippen molar-refractivity contribution in [1.29, 1.82) is 0 Å². The van der Waals surface area contributed by atoms with Gasteiger partial charge in [-0.1, -0.05) is 31.5 Å². The van der Waals surface area contributed by atoms with Gasteiger partial charge in [-0.2, -0.15) is 18.2 Å². The molecule has 3 rings (SSSR count). The summed E-state index contributed by atoms with van der Waals surface area (Å²) in [6.45, 7) is 3.52. The van der Waals surface area contributed by atoms with Gasteiger partial charge in [-0.05, 0) is 42.5 Å². The molecule has 7 nitrogen and oxygen atoms in total. The van der Waals surface area contributed by atoms with Crippen molar-refractivity contribution in [1.82, 2.24) is 15.8 Å². The van der Waals surface area contributed by atoms with Crippen LogP contribution < -0.4 is 20.8 Å². The summed E-state index contributed by atoms with van der Waals surface area (Å²) in [6, 6.07) is 11.3. The lowest BCUT2D eigenvalue weighted by molar-refractivity contribution is -0.163. The van der Waals surface area contributed by atoms with Crippen LogP contribution in [0.3, 0.4) is 0 Å². The second-order valence-corrected chi connectivity index (χ2v) is 7.95. The van der Waals surface area contributed by atoms with Crippen LogP contribution in [0.5, 0.6) is 5.75 Å². The number of aliphatic imine (C=N–C) groups is 1. The molecule has 0 radical (unpaired) electrons. The van der Waals surface area contributed by atoms with Crippen molar-refractivity contribution in [2.24, 2.45) is 10.9 Å². The normalized spacial score (nSPS) is 21.7. The molecule has 0 spiro atoms. The van der Waals surface area contributed by atoms with E-state index in [1.807, 2.05) is 0 Å². The third kappa shape index (κ3) is 6.16. The Balaban J connectivity index is 1.90. The van der Waals surface area contributed by atoms with E-state index in [1.54, 1.807) is 55.5 Å². The van der Waals surface area contributed by atoms with Crippen molar-refractivity contribution in [3.63, 3.8) is 0 Å². The van der Waals surface area contributed by atoms with E-state index < -0.39 is 30.2 Å². The quantitative estimate of drug-likeness (QED) is 0.435. The van der Waals surface area contributed by atoms with Gasteiger partial charge in [0.1, 0.15) is 11.8 Å². The Labute approximate surface area is 194 Å². The minimum Gasteiger partial charge on any atom is -0.497 e. The number of amides is 1. The van der Waals surface area contributed by atoms with Crippen LogP contribution in [0.4, 0.5) is 18.9 Å². The van der Waals surface area contributed by atoms with Gasteiger partial charge in [0, 0.05) is 28.7 Å². The molecule has 2 aromatic rings. The van der Waals surface area contributed by atoms with Crippen LogP contribution in [0, 0.1) is 5.92 Å². The fourth-order valence-electron chi connectivity index (χ4n) is 3.55. The van der Waals surface area contributed by atoms with Crippen LogP contribution in [0.15, 0.2) is 53.5 Å². The highest BCUT2D eigenvalue weighted by atomic mass is 35.5. The monoisotopic (exact) mass is 483 g/mol. The van der Waals surface area contributed by atoms with Crippen molar-refractivity contribution < 1.29 is 22.7 Å². The van der Waals surface area contributed by atoms with Crippen molar-refractivity contribution in [2.75, 3.05) is 19.0 Å². The molecule has 1 heterocycles. The molecule has 3 atom stereocenters. The lowest BCUT2D eigenvalue weighted by Crippen LogP contribution is -2.51. The topological polar surface area (TPSA) is 78.0 Å². The zero-order chi connectivity index (χ0) is 24.2. The number of hydrogen-bond acceptors (Lipinski definition) is 4. The Morgan fingerprint density at radius 3 is 2.52 bits per heavy atom. The molecule has 1 fully saturated rings.